The van der Waals surface area contributed by atoms with Crippen LogP contribution in [0.5, 0.6) is 0 Å². The molecule has 0 bridgehead atoms. The van der Waals surface area contributed by atoms with E-state index in [0.717, 1.165) is 12.9 Å². The van der Waals surface area contributed by atoms with Gasteiger partial charge in [-0.1, -0.05) is 23.4 Å². The molecule has 2 aromatic rings. The zero-order valence-corrected chi connectivity index (χ0v) is 13.3. The van der Waals surface area contributed by atoms with Crippen LogP contribution in [0.15, 0.2) is 43.2 Å². The highest BCUT2D eigenvalue weighted by atomic mass is 79.9. The molecule has 6 heteroatoms. The Morgan fingerprint density at radius 2 is 2.06 bits per heavy atom. The largest absolute Gasteiger partial charge is 0.465 e. The molecule has 0 aliphatic heterocycles. The molecule has 0 spiro atoms. The van der Waals surface area contributed by atoms with Crippen LogP contribution in [-0.4, -0.2) is 13.1 Å². The average molecular weight is 364 g/mol. The van der Waals surface area contributed by atoms with Gasteiger partial charge in [-0.25, -0.2) is 4.79 Å². The standard InChI is InChI=1S/C12H8BrClO2S2/c1-16-11(15)9-6-10(13)18-12(9)17-8-4-2-7(14)3-5-8/h2-6H,1H3. The zero-order valence-electron chi connectivity index (χ0n) is 9.28. The van der Waals surface area contributed by atoms with Crippen molar-refractivity contribution in [3.63, 3.8) is 0 Å². The molecule has 0 atom stereocenters. The summed E-state index contributed by atoms with van der Waals surface area (Å²) in [5.41, 5.74) is 0.578. The third-order valence-electron chi connectivity index (χ3n) is 2.10. The van der Waals surface area contributed by atoms with Crippen molar-refractivity contribution in [2.75, 3.05) is 7.11 Å². The van der Waals surface area contributed by atoms with E-state index < -0.39 is 0 Å². The van der Waals surface area contributed by atoms with Crippen LogP contribution in [-0.2, 0) is 4.74 Å². The smallest absolute Gasteiger partial charge is 0.339 e. The molecular formula is C12H8BrClO2S2. The van der Waals surface area contributed by atoms with Crippen molar-refractivity contribution in [2.24, 2.45) is 0 Å². The summed E-state index contributed by atoms with van der Waals surface area (Å²) in [7, 11) is 1.38. The maximum Gasteiger partial charge on any atom is 0.339 e. The Labute approximate surface area is 126 Å². The van der Waals surface area contributed by atoms with Crippen molar-refractivity contribution in [1.29, 1.82) is 0 Å². The number of esters is 1. The maximum absolute atomic E-state index is 11.6. The Morgan fingerprint density at radius 1 is 1.39 bits per heavy atom. The average Bonchev–Trinajstić information content (AvgIpc) is 2.72. The number of benzene rings is 1. The quantitative estimate of drug-likeness (QED) is 0.710. The minimum atomic E-state index is -0.326. The lowest BCUT2D eigenvalue weighted by Gasteiger charge is -2.02. The number of hydrogen-bond donors (Lipinski definition) is 0. The van der Waals surface area contributed by atoms with Crippen LogP contribution in [0.2, 0.25) is 5.02 Å². The van der Waals surface area contributed by atoms with Crippen molar-refractivity contribution in [2.45, 2.75) is 9.10 Å². The van der Waals surface area contributed by atoms with Crippen LogP contribution in [0.3, 0.4) is 0 Å². The van der Waals surface area contributed by atoms with Gasteiger partial charge in [0, 0.05) is 9.92 Å². The lowest BCUT2D eigenvalue weighted by atomic mass is 10.3. The summed E-state index contributed by atoms with van der Waals surface area (Å²) < 4.78 is 6.56. The molecule has 0 amide bonds. The molecule has 0 saturated heterocycles. The molecule has 0 radical (unpaired) electrons. The van der Waals surface area contributed by atoms with Gasteiger partial charge in [0.05, 0.1) is 20.7 Å². The molecule has 0 aliphatic carbocycles. The first-order chi connectivity index (χ1) is 8.60. The maximum atomic E-state index is 11.6. The number of ether oxygens (including phenoxy) is 1. The predicted molar refractivity (Wildman–Crippen MR) is 78.9 cm³/mol. The fourth-order valence-corrected chi connectivity index (χ4v) is 4.51. The number of thiophene rings is 1. The molecule has 0 N–H and O–H groups in total. The third-order valence-corrected chi connectivity index (χ3v) is 5.20. The minimum Gasteiger partial charge on any atom is -0.465 e. The lowest BCUT2D eigenvalue weighted by Crippen LogP contribution is -2.00. The van der Waals surface area contributed by atoms with Gasteiger partial charge in [-0.3, -0.25) is 0 Å². The number of rotatable bonds is 3. The molecule has 1 heterocycles. The Balaban J connectivity index is 2.28. The van der Waals surface area contributed by atoms with Gasteiger partial charge >= 0.3 is 5.97 Å². The molecule has 94 valence electrons. The van der Waals surface area contributed by atoms with Crippen LogP contribution in [0.4, 0.5) is 0 Å². The van der Waals surface area contributed by atoms with Crippen molar-refractivity contribution in [3.05, 3.63) is 44.7 Å². The summed E-state index contributed by atoms with van der Waals surface area (Å²) in [5.74, 6) is -0.326. The topological polar surface area (TPSA) is 26.3 Å². The van der Waals surface area contributed by atoms with Crippen molar-refractivity contribution >= 4 is 56.6 Å². The van der Waals surface area contributed by atoms with Gasteiger partial charge in [-0.2, -0.15) is 0 Å². The first-order valence-corrected chi connectivity index (χ1v) is 7.71. The molecule has 2 rings (SSSR count). The summed E-state index contributed by atoms with van der Waals surface area (Å²) in [5, 5.41) is 0.694. The van der Waals surface area contributed by atoms with Gasteiger partial charge in [0.2, 0.25) is 0 Å². The van der Waals surface area contributed by atoms with E-state index in [1.807, 2.05) is 24.3 Å². The molecule has 1 aromatic heterocycles. The van der Waals surface area contributed by atoms with Crippen LogP contribution >= 0.6 is 50.6 Å². The molecule has 0 unspecified atom stereocenters. The van der Waals surface area contributed by atoms with E-state index >= 15 is 0 Å². The first-order valence-electron chi connectivity index (χ1n) is 4.91. The van der Waals surface area contributed by atoms with Gasteiger partial charge in [-0.15, -0.1) is 11.3 Å². The van der Waals surface area contributed by atoms with E-state index in [9.17, 15) is 4.79 Å². The fourth-order valence-electron chi connectivity index (χ4n) is 1.28. The summed E-state index contributed by atoms with van der Waals surface area (Å²) in [4.78, 5) is 12.6. The first kappa shape index (κ1) is 13.9. The molecule has 18 heavy (non-hydrogen) atoms. The molecule has 0 aliphatic rings. The number of carbonyl (C=O) groups excluding carboxylic acids is 1. The lowest BCUT2D eigenvalue weighted by molar-refractivity contribution is 0.0598. The van der Waals surface area contributed by atoms with Crippen molar-refractivity contribution in [3.8, 4) is 0 Å². The Kier molecular flexibility index (Phi) is 4.72. The van der Waals surface area contributed by atoms with Gasteiger partial charge in [0.25, 0.3) is 0 Å². The monoisotopic (exact) mass is 362 g/mol. The third kappa shape index (κ3) is 3.29. The minimum absolute atomic E-state index is 0.326. The number of methoxy groups -OCH3 is 1. The Morgan fingerprint density at radius 3 is 2.67 bits per heavy atom. The summed E-state index contributed by atoms with van der Waals surface area (Å²) >= 11 is 12.2. The van der Waals surface area contributed by atoms with Gasteiger partial charge < -0.3 is 4.74 Å². The normalized spacial score (nSPS) is 10.4. The van der Waals surface area contributed by atoms with Crippen molar-refractivity contribution in [1.82, 2.24) is 0 Å². The number of hydrogen-bond acceptors (Lipinski definition) is 4. The van der Waals surface area contributed by atoms with Gasteiger partial charge in [0.1, 0.15) is 0 Å². The highest BCUT2D eigenvalue weighted by Crippen LogP contribution is 2.39. The SMILES string of the molecule is COC(=O)c1cc(Br)sc1Sc1ccc(Cl)cc1. The molecular weight excluding hydrogens is 356 g/mol. The second-order valence-electron chi connectivity index (χ2n) is 3.30. The summed E-state index contributed by atoms with van der Waals surface area (Å²) in [6.45, 7) is 0. The van der Waals surface area contributed by atoms with E-state index in [2.05, 4.69) is 15.9 Å². The second-order valence-corrected chi connectivity index (χ2v) is 7.51. The Bertz CT molecular complexity index is 566. The van der Waals surface area contributed by atoms with Crippen LogP contribution in [0, 0.1) is 0 Å². The Hall–Kier alpha value is -0.490. The van der Waals surface area contributed by atoms with Crippen molar-refractivity contribution < 1.29 is 9.53 Å². The highest BCUT2D eigenvalue weighted by molar-refractivity contribution is 9.11. The molecule has 0 fully saturated rings. The highest BCUT2D eigenvalue weighted by Gasteiger charge is 2.16. The zero-order chi connectivity index (χ0) is 13.1. The van der Waals surface area contributed by atoms with E-state index in [1.165, 1.54) is 30.2 Å². The molecule has 0 saturated carbocycles. The molecule has 1 aromatic carbocycles. The van der Waals surface area contributed by atoms with Crippen LogP contribution in [0.1, 0.15) is 10.4 Å². The van der Waals surface area contributed by atoms with E-state index in [0.29, 0.717) is 10.6 Å². The fraction of sp³-hybridized carbons (Fsp3) is 0.0833. The summed E-state index contributed by atoms with van der Waals surface area (Å²) in [6, 6.07) is 9.26. The van der Waals surface area contributed by atoms with Gasteiger partial charge in [0.15, 0.2) is 0 Å². The number of halogens is 2. The number of carbonyl (C=O) groups is 1. The van der Waals surface area contributed by atoms with E-state index in [1.54, 1.807) is 6.07 Å². The van der Waals surface area contributed by atoms with E-state index in [-0.39, 0.29) is 5.97 Å². The van der Waals surface area contributed by atoms with Crippen LogP contribution < -0.4 is 0 Å². The van der Waals surface area contributed by atoms with Crippen LogP contribution in [0.25, 0.3) is 0 Å². The molecule has 2 nitrogen and oxygen atoms in total. The summed E-state index contributed by atoms with van der Waals surface area (Å²) in [6.07, 6.45) is 0. The van der Waals surface area contributed by atoms with E-state index in [4.69, 9.17) is 16.3 Å². The predicted octanol–water partition coefficient (Wildman–Crippen LogP) is 5.10. The second kappa shape index (κ2) is 6.10. The van der Waals surface area contributed by atoms with Gasteiger partial charge in [-0.05, 0) is 46.3 Å².